The second-order valence-electron chi connectivity index (χ2n) is 7.86. The summed E-state index contributed by atoms with van der Waals surface area (Å²) in [7, 11) is 0. The van der Waals surface area contributed by atoms with Crippen LogP contribution in [0, 0.1) is 5.92 Å². The summed E-state index contributed by atoms with van der Waals surface area (Å²) in [5.74, 6) is 0.140. The van der Waals surface area contributed by atoms with E-state index >= 15 is 0 Å². The topological polar surface area (TPSA) is 66.8 Å². The molecule has 1 unspecified atom stereocenters. The molecule has 1 aromatic carbocycles. The Hall–Kier alpha value is -1.97. The molecule has 4 heteroatoms. The standard InChI is InChI=1S/C21H28O4/c1-4-5-6-7-13-10-17(22)19-15-12-14(20(23)24)8-9-16(15)21(2,3)25-18(19)11-13/h10-12,15-16,22H,4-9H2,1-3H3,(H,23,24)/t15-,16?/m0/s1. The highest BCUT2D eigenvalue weighted by atomic mass is 16.5. The monoisotopic (exact) mass is 344 g/mol. The van der Waals surface area contributed by atoms with Crippen LogP contribution in [0.1, 0.15) is 69.9 Å². The number of aryl methyl sites for hydroxylation is 1. The highest BCUT2D eigenvalue weighted by Gasteiger charge is 2.46. The first-order valence-electron chi connectivity index (χ1n) is 9.32. The Morgan fingerprint density at radius 2 is 2.08 bits per heavy atom. The van der Waals surface area contributed by atoms with Gasteiger partial charge in [0.05, 0.1) is 0 Å². The van der Waals surface area contributed by atoms with E-state index in [1.807, 2.05) is 18.2 Å². The van der Waals surface area contributed by atoms with Gasteiger partial charge >= 0.3 is 5.97 Å². The maximum Gasteiger partial charge on any atom is 0.331 e. The summed E-state index contributed by atoms with van der Waals surface area (Å²) < 4.78 is 6.28. The van der Waals surface area contributed by atoms with Crippen molar-refractivity contribution in [2.75, 3.05) is 0 Å². The molecule has 0 amide bonds. The van der Waals surface area contributed by atoms with Crippen LogP contribution in [-0.4, -0.2) is 21.8 Å². The number of rotatable bonds is 5. The minimum Gasteiger partial charge on any atom is -0.507 e. The lowest BCUT2D eigenvalue weighted by atomic mass is 9.67. The lowest BCUT2D eigenvalue weighted by molar-refractivity contribution is -0.133. The Kier molecular flexibility index (Phi) is 4.81. The van der Waals surface area contributed by atoms with Crippen LogP contribution in [0.2, 0.25) is 0 Å². The van der Waals surface area contributed by atoms with Gasteiger partial charge in [-0.2, -0.15) is 0 Å². The number of allylic oxidation sites excluding steroid dienone is 1. The van der Waals surface area contributed by atoms with Crippen molar-refractivity contribution < 1.29 is 19.7 Å². The van der Waals surface area contributed by atoms with Crippen molar-refractivity contribution in [1.29, 1.82) is 0 Å². The largest absolute Gasteiger partial charge is 0.507 e. The van der Waals surface area contributed by atoms with E-state index in [0.717, 1.165) is 36.8 Å². The Bertz CT molecular complexity index is 702. The van der Waals surface area contributed by atoms with Crippen molar-refractivity contribution in [1.82, 2.24) is 0 Å². The summed E-state index contributed by atoms with van der Waals surface area (Å²) in [6.45, 7) is 6.30. The zero-order chi connectivity index (χ0) is 18.2. The molecule has 0 radical (unpaired) electrons. The van der Waals surface area contributed by atoms with Crippen molar-refractivity contribution in [2.24, 2.45) is 5.92 Å². The molecule has 0 saturated heterocycles. The first kappa shape index (κ1) is 17.8. The van der Waals surface area contributed by atoms with E-state index in [0.29, 0.717) is 17.7 Å². The van der Waals surface area contributed by atoms with Gasteiger partial charge in [0.15, 0.2) is 0 Å². The maximum atomic E-state index is 11.4. The number of aromatic hydroxyl groups is 1. The van der Waals surface area contributed by atoms with Gasteiger partial charge in [-0.25, -0.2) is 4.79 Å². The van der Waals surface area contributed by atoms with Gasteiger partial charge in [-0.15, -0.1) is 0 Å². The summed E-state index contributed by atoms with van der Waals surface area (Å²) in [4.78, 5) is 11.4. The minimum absolute atomic E-state index is 0.108. The number of carbonyl (C=O) groups is 1. The zero-order valence-corrected chi connectivity index (χ0v) is 15.3. The summed E-state index contributed by atoms with van der Waals surface area (Å²) in [6.07, 6.45) is 7.47. The van der Waals surface area contributed by atoms with Crippen LogP contribution in [0.4, 0.5) is 0 Å². The van der Waals surface area contributed by atoms with E-state index < -0.39 is 5.97 Å². The SMILES string of the molecule is CCCCCc1cc(O)c2c(c1)OC(C)(C)C1CCC(C(=O)O)=C[C@H]21. The quantitative estimate of drug-likeness (QED) is 0.753. The molecule has 0 fully saturated rings. The molecule has 0 saturated carbocycles. The summed E-state index contributed by atoms with van der Waals surface area (Å²) in [5, 5.41) is 20.0. The minimum atomic E-state index is -0.861. The zero-order valence-electron chi connectivity index (χ0n) is 15.3. The third kappa shape index (κ3) is 3.39. The maximum absolute atomic E-state index is 11.4. The fourth-order valence-corrected chi connectivity index (χ4v) is 4.32. The first-order chi connectivity index (χ1) is 11.8. The average molecular weight is 344 g/mol. The molecule has 2 atom stereocenters. The number of hydrogen-bond donors (Lipinski definition) is 2. The highest BCUT2D eigenvalue weighted by molar-refractivity contribution is 5.87. The van der Waals surface area contributed by atoms with E-state index in [1.54, 1.807) is 0 Å². The van der Waals surface area contributed by atoms with Gasteiger partial charge in [-0.05, 0) is 57.2 Å². The van der Waals surface area contributed by atoms with Gasteiger partial charge in [-0.3, -0.25) is 0 Å². The second-order valence-corrected chi connectivity index (χ2v) is 7.86. The predicted molar refractivity (Wildman–Crippen MR) is 97.2 cm³/mol. The number of hydrogen-bond acceptors (Lipinski definition) is 3. The smallest absolute Gasteiger partial charge is 0.331 e. The van der Waals surface area contributed by atoms with Gasteiger partial charge < -0.3 is 14.9 Å². The molecule has 2 N–H and O–H groups in total. The highest BCUT2D eigenvalue weighted by Crippen LogP contribution is 2.53. The first-order valence-corrected chi connectivity index (χ1v) is 9.32. The van der Waals surface area contributed by atoms with E-state index in [-0.39, 0.29) is 23.2 Å². The molecule has 0 aromatic heterocycles. The Balaban J connectivity index is 2.02. The molecule has 1 aromatic rings. The molecule has 4 nitrogen and oxygen atoms in total. The second kappa shape index (κ2) is 6.74. The van der Waals surface area contributed by atoms with Crippen LogP contribution >= 0.6 is 0 Å². The van der Waals surface area contributed by atoms with E-state index in [4.69, 9.17) is 4.74 Å². The number of benzene rings is 1. The van der Waals surface area contributed by atoms with Gasteiger partial charge in [0.2, 0.25) is 0 Å². The van der Waals surface area contributed by atoms with Crippen molar-refractivity contribution >= 4 is 5.97 Å². The molecule has 0 bridgehead atoms. The number of carboxylic acid groups (broad SMARTS) is 1. The van der Waals surface area contributed by atoms with Crippen LogP contribution in [0.5, 0.6) is 11.5 Å². The van der Waals surface area contributed by atoms with Gasteiger partial charge in [0.1, 0.15) is 17.1 Å². The van der Waals surface area contributed by atoms with Gasteiger partial charge in [0, 0.05) is 23.0 Å². The van der Waals surface area contributed by atoms with E-state index in [2.05, 4.69) is 20.8 Å². The Labute approximate surface area is 149 Å². The number of fused-ring (bicyclic) bond motifs is 3. The van der Waals surface area contributed by atoms with Crippen LogP contribution in [-0.2, 0) is 11.2 Å². The van der Waals surface area contributed by atoms with Crippen molar-refractivity contribution in [2.45, 2.75) is 70.8 Å². The molecule has 1 aliphatic heterocycles. The number of ether oxygens (including phenoxy) is 1. The Morgan fingerprint density at radius 3 is 2.76 bits per heavy atom. The molecule has 0 spiro atoms. The van der Waals surface area contributed by atoms with Crippen molar-refractivity contribution in [3.8, 4) is 11.5 Å². The summed E-state index contributed by atoms with van der Waals surface area (Å²) >= 11 is 0. The summed E-state index contributed by atoms with van der Waals surface area (Å²) in [5.41, 5.74) is 1.89. The number of aliphatic carboxylic acids is 1. The van der Waals surface area contributed by atoms with Crippen LogP contribution in [0.3, 0.4) is 0 Å². The summed E-state index contributed by atoms with van der Waals surface area (Å²) in [6, 6.07) is 3.86. The molecule has 1 heterocycles. The number of phenolic OH excluding ortho intramolecular Hbond substituents is 1. The third-order valence-electron chi connectivity index (χ3n) is 5.66. The molecule has 2 aliphatic rings. The number of phenols is 1. The third-order valence-corrected chi connectivity index (χ3v) is 5.66. The van der Waals surface area contributed by atoms with E-state index in [9.17, 15) is 15.0 Å². The molecular formula is C21H28O4. The molecule has 136 valence electrons. The fraction of sp³-hybridized carbons (Fsp3) is 0.571. The van der Waals surface area contributed by atoms with Crippen LogP contribution in [0.15, 0.2) is 23.8 Å². The van der Waals surface area contributed by atoms with E-state index in [1.165, 1.54) is 6.42 Å². The molecule has 1 aliphatic carbocycles. The number of unbranched alkanes of at least 4 members (excludes halogenated alkanes) is 2. The van der Waals surface area contributed by atoms with Crippen LogP contribution < -0.4 is 4.74 Å². The lowest BCUT2D eigenvalue weighted by Crippen LogP contribution is -2.45. The normalized spacial score (nSPS) is 23.9. The number of carboxylic acids is 1. The Morgan fingerprint density at radius 1 is 1.32 bits per heavy atom. The van der Waals surface area contributed by atoms with Crippen molar-refractivity contribution in [3.05, 3.63) is 34.9 Å². The van der Waals surface area contributed by atoms with Crippen molar-refractivity contribution in [3.63, 3.8) is 0 Å². The van der Waals surface area contributed by atoms with Gasteiger partial charge in [-0.1, -0.05) is 25.8 Å². The molecular weight excluding hydrogens is 316 g/mol. The van der Waals surface area contributed by atoms with Crippen LogP contribution in [0.25, 0.3) is 0 Å². The fourth-order valence-electron chi connectivity index (χ4n) is 4.32. The average Bonchev–Trinajstić information content (AvgIpc) is 2.53. The van der Waals surface area contributed by atoms with Gasteiger partial charge in [0.25, 0.3) is 0 Å². The molecule has 25 heavy (non-hydrogen) atoms. The molecule has 3 rings (SSSR count). The predicted octanol–water partition coefficient (Wildman–Crippen LogP) is 4.80. The lowest BCUT2D eigenvalue weighted by Gasteiger charge is -2.46.